The summed E-state index contributed by atoms with van der Waals surface area (Å²) < 4.78 is 5.26. The number of nitrogens with one attached hydrogen (secondary N) is 1. The lowest BCUT2D eigenvalue weighted by Crippen LogP contribution is -2.36. The Labute approximate surface area is 133 Å². The van der Waals surface area contributed by atoms with Crippen LogP contribution in [0, 0.1) is 5.92 Å². The van der Waals surface area contributed by atoms with E-state index < -0.39 is 0 Å². The Kier molecular flexibility index (Phi) is 6.97. The standard InChI is InChI=1S/C17H27ClN2O/c1-19-17(15-4-3-5-16(18)12-15)8-11-20-9-6-14(7-10-20)13-21-2/h3-5,12,14,17,19H,6-11,13H2,1-2H3. The second-order valence-corrected chi connectivity index (χ2v) is 6.36. The van der Waals surface area contributed by atoms with E-state index in [-0.39, 0.29) is 0 Å². The van der Waals surface area contributed by atoms with Gasteiger partial charge in [0.2, 0.25) is 0 Å². The zero-order chi connectivity index (χ0) is 15.1. The quantitative estimate of drug-likeness (QED) is 0.836. The van der Waals surface area contributed by atoms with E-state index in [2.05, 4.69) is 22.3 Å². The lowest BCUT2D eigenvalue weighted by molar-refractivity contribution is 0.0979. The number of nitrogens with zero attached hydrogens (tertiary/aromatic N) is 1. The van der Waals surface area contributed by atoms with Gasteiger partial charge in [-0.3, -0.25) is 0 Å². The van der Waals surface area contributed by atoms with Crippen molar-refractivity contribution in [1.82, 2.24) is 10.2 Å². The molecular weight excluding hydrogens is 284 g/mol. The van der Waals surface area contributed by atoms with Gasteiger partial charge in [0.05, 0.1) is 0 Å². The summed E-state index contributed by atoms with van der Waals surface area (Å²) in [6, 6.07) is 8.54. The lowest BCUT2D eigenvalue weighted by Gasteiger charge is -2.32. The van der Waals surface area contributed by atoms with Crippen LogP contribution in [0.3, 0.4) is 0 Å². The molecule has 1 heterocycles. The second-order valence-electron chi connectivity index (χ2n) is 5.93. The number of piperidine rings is 1. The molecule has 0 radical (unpaired) electrons. The van der Waals surface area contributed by atoms with Crippen molar-refractivity contribution in [3.05, 3.63) is 34.9 Å². The minimum atomic E-state index is 0.375. The Morgan fingerprint density at radius 1 is 1.38 bits per heavy atom. The summed E-state index contributed by atoms with van der Waals surface area (Å²) in [4.78, 5) is 2.57. The molecular formula is C17H27ClN2O. The molecule has 4 heteroatoms. The first-order valence-electron chi connectivity index (χ1n) is 7.87. The van der Waals surface area contributed by atoms with Gasteiger partial charge in [-0.1, -0.05) is 23.7 Å². The molecule has 21 heavy (non-hydrogen) atoms. The number of halogens is 1. The van der Waals surface area contributed by atoms with Crippen LogP contribution in [0.4, 0.5) is 0 Å². The predicted octanol–water partition coefficient (Wildman–Crippen LogP) is 3.35. The van der Waals surface area contributed by atoms with Gasteiger partial charge in [0, 0.05) is 24.8 Å². The third-order valence-corrected chi connectivity index (χ3v) is 4.68. The van der Waals surface area contributed by atoms with Gasteiger partial charge in [0.15, 0.2) is 0 Å². The summed E-state index contributed by atoms with van der Waals surface area (Å²) in [6.07, 6.45) is 3.64. The monoisotopic (exact) mass is 310 g/mol. The van der Waals surface area contributed by atoms with Crippen molar-refractivity contribution in [3.8, 4) is 0 Å². The maximum absolute atomic E-state index is 6.09. The van der Waals surface area contributed by atoms with E-state index >= 15 is 0 Å². The molecule has 1 unspecified atom stereocenters. The topological polar surface area (TPSA) is 24.5 Å². The second kappa shape index (κ2) is 8.74. The van der Waals surface area contributed by atoms with Crippen molar-refractivity contribution in [1.29, 1.82) is 0 Å². The normalized spacial score (nSPS) is 18.8. The van der Waals surface area contributed by atoms with E-state index in [4.69, 9.17) is 16.3 Å². The molecule has 0 saturated carbocycles. The van der Waals surface area contributed by atoms with E-state index in [1.54, 1.807) is 7.11 Å². The van der Waals surface area contributed by atoms with Gasteiger partial charge in [-0.15, -0.1) is 0 Å². The SMILES string of the molecule is CNC(CCN1CCC(COC)CC1)c1cccc(Cl)c1. The fourth-order valence-corrected chi connectivity index (χ4v) is 3.32. The fraction of sp³-hybridized carbons (Fsp3) is 0.647. The molecule has 1 saturated heterocycles. The Morgan fingerprint density at radius 3 is 2.76 bits per heavy atom. The molecule has 0 spiro atoms. The van der Waals surface area contributed by atoms with Crippen molar-refractivity contribution < 1.29 is 4.74 Å². The van der Waals surface area contributed by atoms with Crippen LogP contribution >= 0.6 is 11.6 Å². The van der Waals surface area contributed by atoms with Crippen molar-refractivity contribution in [2.24, 2.45) is 5.92 Å². The molecule has 1 aliphatic heterocycles. The molecule has 2 rings (SSSR count). The molecule has 1 aliphatic rings. The summed E-state index contributed by atoms with van der Waals surface area (Å²) in [5, 5.41) is 4.22. The van der Waals surface area contributed by atoms with E-state index in [1.807, 2.05) is 19.2 Å². The van der Waals surface area contributed by atoms with Crippen molar-refractivity contribution in [3.63, 3.8) is 0 Å². The Morgan fingerprint density at radius 2 is 2.14 bits per heavy atom. The maximum Gasteiger partial charge on any atom is 0.0491 e. The van der Waals surface area contributed by atoms with E-state index in [9.17, 15) is 0 Å². The molecule has 1 N–H and O–H groups in total. The minimum Gasteiger partial charge on any atom is -0.384 e. The molecule has 0 amide bonds. The molecule has 0 aliphatic carbocycles. The van der Waals surface area contributed by atoms with Gasteiger partial charge in [0.25, 0.3) is 0 Å². The largest absolute Gasteiger partial charge is 0.384 e. The van der Waals surface area contributed by atoms with Crippen LogP contribution < -0.4 is 5.32 Å². The average Bonchev–Trinajstić information content (AvgIpc) is 2.50. The first-order valence-corrected chi connectivity index (χ1v) is 8.24. The highest BCUT2D eigenvalue weighted by molar-refractivity contribution is 6.30. The number of likely N-dealkylation sites (tertiary alicyclic amines) is 1. The zero-order valence-corrected chi connectivity index (χ0v) is 13.9. The highest BCUT2D eigenvalue weighted by atomic mass is 35.5. The number of hydrogen-bond acceptors (Lipinski definition) is 3. The highest BCUT2D eigenvalue weighted by Crippen LogP contribution is 2.22. The van der Waals surface area contributed by atoms with E-state index in [0.29, 0.717) is 6.04 Å². The van der Waals surface area contributed by atoms with Crippen LogP contribution in [0.25, 0.3) is 0 Å². The summed E-state index contributed by atoms with van der Waals surface area (Å²) in [7, 11) is 3.82. The smallest absolute Gasteiger partial charge is 0.0491 e. The Balaban J connectivity index is 1.79. The fourth-order valence-electron chi connectivity index (χ4n) is 3.13. The highest BCUT2D eigenvalue weighted by Gasteiger charge is 2.20. The molecule has 1 aromatic carbocycles. The first-order chi connectivity index (χ1) is 10.2. The number of methoxy groups -OCH3 is 1. The van der Waals surface area contributed by atoms with Gasteiger partial charge >= 0.3 is 0 Å². The van der Waals surface area contributed by atoms with Crippen LogP contribution in [0.2, 0.25) is 5.02 Å². The predicted molar refractivity (Wildman–Crippen MR) is 88.9 cm³/mol. The number of ether oxygens (including phenoxy) is 1. The van der Waals surface area contributed by atoms with Crippen LogP contribution in [0.1, 0.15) is 30.9 Å². The maximum atomic E-state index is 6.09. The number of benzene rings is 1. The Bertz CT molecular complexity index is 419. The van der Waals surface area contributed by atoms with E-state index in [1.165, 1.54) is 31.5 Å². The molecule has 1 aromatic rings. The Hall–Kier alpha value is -0.610. The van der Waals surface area contributed by atoms with Gasteiger partial charge in [-0.05, 0) is 69.6 Å². The van der Waals surface area contributed by atoms with Gasteiger partial charge in [-0.25, -0.2) is 0 Å². The zero-order valence-electron chi connectivity index (χ0n) is 13.1. The molecule has 1 atom stereocenters. The number of rotatable bonds is 7. The average molecular weight is 311 g/mol. The minimum absolute atomic E-state index is 0.375. The van der Waals surface area contributed by atoms with Gasteiger partial charge in [0.1, 0.15) is 0 Å². The summed E-state index contributed by atoms with van der Waals surface area (Å²) in [5.74, 6) is 0.749. The van der Waals surface area contributed by atoms with Crippen LogP contribution in [-0.2, 0) is 4.74 Å². The van der Waals surface area contributed by atoms with Crippen molar-refractivity contribution in [2.75, 3.05) is 40.4 Å². The van der Waals surface area contributed by atoms with Crippen molar-refractivity contribution >= 4 is 11.6 Å². The molecule has 3 nitrogen and oxygen atoms in total. The summed E-state index contributed by atoms with van der Waals surface area (Å²) >= 11 is 6.09. The third-order valence-electron chi connectivity index (χ3n) is 4.44. The van der Waals surface area contributed by atoms with Crippen molar-refractivity contribution in [2.45, 2.75) is 25.3 Å². The molecule has 0 bridgehead atoms. The van der Waals surface area contributed by atoms with Crippen LogP contribution in [-0.4, -0.2) is 45.3 Å². The van der Waals surface area contributed by atoms with E-state index in [0.717, 1.165) is 30.5 Å². The third kappa shape index (κ3) is 5.26. The number of hydrogen-bond donors (Lipinski definition) is 1. The summed E-state index contributed by atoms with van der Waals surface area (Å²) in [5.41, 5.74) is 1.28. The first kappa shape index (κ1) is 16.8. The van der Waals surface area contributed by atoms with Gasteiger partial charge in [-0.2, -0.15) is 0 Å². The lowest BCUT2D eigenvalue weighted by atomic mass is 9.97. The van der Waals surface area contributed by atoms with Crippen LogP contribution in [0.15, 0.2) is 24.3 Å². The molecule has 1 fully saturated rings. The molecule has 118 valence electrons. The summed E-state index contributed by atoms with van der Waals surface area (Å²) in [6.45, 7) is 4.44. The van der Waals surface area contributed by atoms with Crippen LogP contribution in [0.5, 0.6) is 0 Å². The molecule has 0 aromatic heterocycles. The van der Waals surface area contributed by atoms with Gasteiger partial charge < -0.3 is 15.0 Å².